The Hall–Kier alpha value is -2.04. The molecular weight excluding hydrogens is 336 g/mol. The van der Waals surface area contributed by atoms with Crippen LogP contribution in [-0.4, -0.2) is 34.0 Å². The van der Waals surface area contributed by atoms with E-state index in [1.807, 2.05) is 30.3 Å². The number of hydrogen-bond donors (Lipinski definition) is 2. The number of nitrogens with zero attached hydrogens (tertiary/aromatic N) is 1. The summed E-state index contributed by atoms with van der Waals surface area (Å²) in [6.07, 6.45) is 0.0208. The fourth-order valence-corrected chi connectivity index (χ4v) is 3.93. The fourth-order valence-electron chi connectivity index (χ4n) is 3.75. The first-order valence-corrected chi connectivity index (χ1v) is 9.02. The van der Waals surface area contributed by atoms with Gasteiger partial charge >= 0.3 is 5.97 Å². The standard InChI is InChI=1S/C20H23ClN2O2/c1-4-23(5-2)12(3)19-13(10-18(24)25)6-8-15-16-11-14(21)7-9-17(16)22-20(15)19/h6-9,11-12,22H,4-5,10H2,1-3H3,(H,24,25). The van der Waals surface area contributed by atoms with Crippen molar-refractivity contribution in [3.05, 3.63) is 46.5 Å². The molecule has 2 N–H and O–H groups in total. The summed E-state index contributed by atoms with van der Waals surface area (Å²) < 4.78 is 0. The molecule has 2 aromatic carbocycles. The van der Waals surface area contributed by atoms with Gasteiger partial charge in [-0.25, -0.2) is 0 Å². The van der Waals surface area contributed by atoms with Crippen LogP contribution in [-0.2, 0) is 11.2 Å². The highest BCUT2D eigenvalue weighted by Gasteiger charge is 2.22. The summed E-state index contributed by atoms with van der Waals surface area (Å²) in [5.74, 6) is -0.813. The Balaban J connectivity index is 2.31. The van der Waals surface area contributed by atoms with Gasteiger partial charge in [0.15, 0.2) is 0 Å². The Morgan fingerprint density at radius 2 is 1.92 bits per heavy atom. The number of H-pyrrole nitrogens is 1. The summed E-state index contributed by atoms with van der Waals surface area (Å²) in [4.78, 5) is 17.2. The molecule has 4 nitrogen and oxygen atoms in total. The van der Waals surface area contributed by atoms with Crippen LogP contribution in [0.25, 0.3) is 21.8 Å². The first-order chi connectivity index (χ1) is 12.0. The smallest absolute Gasteiger partial charge is 0.307 e. The maximum absolute atomic E-state index is 11.4. The number of halogens is 1. The molecule has 3 rings (SSSR count). The highest BCUT2D eigenvalue weighted by molar-refractivity contribution is 6.31. The van der Waals surface area contributed by atoms with Crippen molar-refractivity contribution in [3.8, 4) is 0 Å². The van der Waals surface area contributed by atoms with Crippen LogP contribution in [0.1, 0.15) is 37.9 Å². The molecule has 25 heavy (non-hydrogen) atoms. The predicted molar refractivity (Wildman–Crippen MR) is 103 cm³/mol. The molecule has 3 aromatic rings. The van der Waals surface area contributed by atoms with E-state index in [0.717, 1.165) is 46.0 Å². The molecule has 0 saturated carbocycles. The molecule has 1 atom stereocenters. The minimum absolute atomic E-state index is 0.0208. The molecule has 0 spiro atoms. The molecule has 0 aliphatic carbocycles. The number of fused-ring (bicyclic) bond motifs is 3. The van der Waals surface area contributed by atoms with Crippen molar-refractivity contribution in [1.29, 1.82) is 0 Å². The number of nitrogens with one attached hydrogen (secondary N) is 1. The van der Waals surface area contributed by atoms with Gasteiger partial charge in [0.05, 0.1) is 11.9 Å². The zero-order valence-corrected chi connectivity index (χ0v) is 15.5. The van der Waals surface area contributed by atoms with E-state index in [1.54, 1.807) is 0 Å². The van der Waals surface area contributed by atoms with Crippen LogP contribution >= 0.6 is 11.6 Å². The average Bonchev–Trinajstić information content (AvgIpc) is 2.92. The van der Waals surface area contributed by atoms with E-state index in [-0.39, 0.29) is 12.5 Å². The van der Waals surface area contributed by atoms with E-state index in [0.29, 0.717) is 5.02 Å². The molecule has 0 aliphatic rings. The number of benzene rings is 2. The Bertz CT molecular complexity index is 928. The monoisotopic (exact) mass is 358 g/mol. The number of carbonyl (C=O) groups is 1. The fraction of sp³-hybridized carbons (Fsp3) is 0.350. The molecule has 0 saturated heterocycles. The Kier molecular flexibility index (Phi) is 5.02. The van der Waals surface area contributed by atoms with Crippen molar-refractivity contribution in [2.45, 2.75) is 33.2 Å². The second kappa shape index (κ2) is 7.06. The molecule has 0 fully saturated rings. The number of carboxylic acids is 1. The average molecular weight is 359 g/mol. The van der Waals surface area contributed by atoms with Crippen molar-refractivity contribution in [2.75, 3.05) is 13.1 Å². The van der Waals surface area contributed by atoms with Crippen molar-refractivity contribution in [1.82, 2.24) is 9.88 Å². The number of aromatic amines is 1. The molecule has 0 bridgehead atoms. The van der Waals surface area contributed by atoms with E-state index >= 15 is 0 Å². The van der Waals surface area contributed by atoms with Gasteiger partial charge in [0.1, 0.15) is 0 Å². The first-order valence-electron chi connectivity index (χ1n) is 8.64. The summed E-state index contributed by atoms with van der Waals surface area (Å²) in [5.41, 5.74) is 3.95. The van der Waals surface area contributed by atoms with Gasteiger partial charge in [0, 0.05) is 27.4 Å². The highest BCUT2D eigenvalue weighted by atomic mass is 35.5. The van der Waals surface area contributed by atoms with E-state index < -0.39 is 5.97 Å². The maximum atomic E-state index is 11.4. The van der Waals surface area contributed by atoms with Gasteiger partial charge in [-0.2, -0.15) is 0 Å². The first kappa shape index (κ1) is 17.8. The number of aliphatic carboxylic acids is 1. The number of rotatable bonds is 6. The van der Waals surface area contributed by atoms with E-state index in [9.17, 15) is 9.90 Å². The van der Waals surface area contributed by atoms with Crippen LogP contribution in [0.15, 0.2) is 30.3 Å². The lowest BCUT2D eigenvalue weighted by molar-refractivity contribution is -0.136. The van der Waals surface area contributed by atoms with Crippen LogP contribution in [0.2, 0.25) is 5.02 Å². The summed E-state index contributed by atoms with van der Waals surface area (Å²) in [6.45, 7) is 8.22. The zero-order valence-electron chi connectivity index (χ0n) is 14.8. The lowest BCUT2D eigenvalue weighted by Crippen LogP contribution is -2.27. The molecule has 1 aromatic heterocycles. The minimum Gasteiger partial charge on any atom is -0.481 e. The molecule has 1 unspecified atom stereocenters. The van der Waals surface area contributed by atoms with Crippen LogP contribution in [0, 0.1) is 0 Å². The van der Waals surface area contributed by atoms with Crippen LogP contribution in [0.4, 0.5) is 0 Å². The number of aromatic nitrogens is 1. The molecule has 0 radical (unpaired) electrons. The lowest BCUT2D eigenvalue weighted by Gasteiger charge is -2.28. The normalized spacial score (nSPS) is 13.0. The molecule has 0 amide bonds. The lowest BCUT2D eigenvalue weighted by atomic mass is 9.94. The molecule has 1 heterocycles. The molecule has 5 heteroatoms. The van der Waals surface area contributed by atoms with Crippen molar-refractivity contribution in [2.24, 2.45) is 0 Å². The number of carboxylic acid groups (broad SMARTS) is 1. The Morgan fingerprint density at radius 1 is 1.20 bits per heavy atom. The quantitative estimate of drug-likeness (QED) is 0.651. The van der Waals surface area contributed by atoms with Gasteiger partial charge in [0.2, 0.25) is 0 Å². The SMILES string of the molecule is CCN(CC)C(C)c1c(CC(=O)O)ccc2c1[nH]c1ccc(Cl)cc12. The zero-order chi connectivity index (χ0) is 18.1. The van der Waals surface area contributed by atoms with Crippen molar-refractivity contribution >= 4 is 39.4 Å². The van der Waals surface area contributed by atoms with Gasteiger partial charge in [0.25, 0.3) is 0 Å². The Labute approximate surface area is 152 Å². The van der Waals surface area contributed by atoms with Crippen LogP contribution in [0.5, 0.6) is 0 Å². The summed E-state index contributed by atoms with van der Waals surface area (Å²) in [5, 5.41) is 12.2. The van der Waals surface area contributed by atoms with E-state index in [2.05, 4.69) is 30.7 Å². The van der Waals surface area contributed by atoms with E-state index in [1.165, 1.54) is 0 Å². The second-order valence-electron chi connectivity index (χ2n) is 6.34. The van der Waals surface area contributed by atoms with E-state index in [4.69, 9.17) is 11.6 Å². The minimum atomic E-state index is -0.813. The Morgan fingerprint density at radius 3 is 2.56 bits per heavy atom. The third-order valence-electron chi connectivity index (χ3n) is 4.99. The molecule has 0 aliphatic heterocycles. The largest absolute Gasteiger partial charge is 0.481 e. The topological polar surface area (TPSA) is 56.3 Å². The van der Waals surface area contributed by atoms with Gasteiger partial charge < -0.3 is 10.1 Å². The van der Waals surface area contributed by atoms with Gasteiger partial charge in [-0.1, -0.05) is 37.6 Å². The second-order valence-corrected chi connectivity index (χ2v) is 6.78. The molecular formula is C20H23ClN2O2. The molecule has 132 valence electrons. The van der Waals surface area contributed by atoms with Crippen LogP contribution < -0.4 is 0 Å². The third-order valence-corrected chi connectivity index (χ3v) is 5.22. The predicted octanol–water partition coefficient (Wildman–Crippen LogP) is 5.00. The summed E-state index contributed by atoms with van der Waals surface area (Å²) in [7, 11) is 0. The van der Waals surface area contributed by atoms with Crippen molar-refractivity contribution < 1.29 is 9.90 Å². The van der Waals surface area contributed by atoms with Gasteiger partial charge in [-0.15, -0.1) is 0 Å². The van der Waals surface area contributed by atoms with Crippen LogP contribution in [0.3, 0.4) is 0 Å². The van der Waals surface area contributed by atoms with Gasteiger partial charge in [-0.3, -0.25) is 9.69 Å². The highest BCUT2D eigenvalue weighted by Crippen LogP contribution is 2.36. The van der Waals surface area contributed by atoms with Crippen molar-refractivity contribution in [3.63, 3.8) is 0 Å². The third kappa shape index (κ3) is 3.24. The maximum Gasteiger partial charge on any atom is 0.307 e. The summed E-state index contributed by atoms with van der Waals surface area (Å²) in [6, 6.07) is 9.86. The number of hydrogen-bond acceptors (Lipinski definition) is 2. The van der Waals surface area contributed by atoms with Gasteiger partial charge in [-0.05, 0) is 49.3 Å². The summed E-state index contributed by atoms with van der Waals surface area (Å²) >= 11 is 6.17.